The Morgan fingerprint density at radius 1 is 1.53 bits per heavy atom. The molecule has 0 heterocycles. The van der Waals surface area contributed by atoms with Gasteiger partial charge in [-0.15, -0.1) is 6.58 Å². The van der Waals surface area contributed by atoms with Crippen LogP contribution >= 0.6 is 0 Å². The first kappa shape index (κ1) is 13.7. The Balaban J connectivity index is 4.41. The number of primary amides is 1. The molecule has 0 rings (SSSR count). The number of hydrogen-bond acceptors (Lipinski definition) is 2. The van der Waals surface area contributed by atoms with Crippen molar-refractivity contribution in [3.05, 3.63) is 12.7 Å². The van der Waals surface area contributed by atoms with Crippen LogP contribution in [0.3, 0.4) is 0 Å². The average Bonchev–Trinajstić information content (AvgIpc) is 2.13. The Morgan fingerprint density at radius 2 is 2.13 bits per heavy atom. The lowest BCUT2D eigenvalue weighted by atomic mass is 9.87. The van der Waals surface area contributed by atoms with Crippen molar-refractivity contribution in [2.75, 3.05) is 0 Å². The number of nitrogens with two attached hydrogens (primary N) is 1. The van der Waals surface area contributed by atoms with Gasteiger partial charge in [-0.05, 0) is 12.3 Å². The quantitative estimate of drug-likeness (QED) is 0.659. The van der Waals surface area contributed by atoms with Crippen molar-refractivity contribution in [3.63, 3.8) is 0 Å². The molecule has 0 saturated carbocycles. The molecule has 4 heteroatoms. The highest BCUT2D eigenvalue weighted by molar-refractivity contribution is 5.94. The summed E-state index contributed by atoms with van der Waals surface area (Å²) in [5.41, 5.74) is 4.90. The lowest BCUT2D eigenvalue weighted by molar-refractivity contribution is -0.125. The van der Waals surface area contributed by atoms with E-state index in [9.17, 15) is 9.59 Å². The Kier molecular flexibility index (Phi) is 6.42. The molecule has 0 aromatic rings. The highest BCUT2D eigenvalue weighted by Crippen LogP contribution is 2.21. The van der Waals surface area contributed by atoms with Gasteiger partial charge in [0, 0.05) is 5.92 Å². The van der Waals surface area contributed by atoms with Crippen LogP contribution in [0.25, 0.3) is 0 Å². The topological polar surface area (TPSA) is 72.2 Å². The van der Waals surface area contributed by atoms with Crippen molar-refractivity contribution in [2.24, 2.45) is 17.6 Å². The van der Waals surface area contributed by atoms with E-state index in [2.05, 4.69) is 18.8 Å². The van der Waals surface area contributed by atoms with Crippen LogP contribution in [0.1, 0.15) is 33.1 Å². The van der Waals surface area contributed by atoms with E-state index < -0.39 is 6.03 Å². The maximum atomic E-state index is 11.6. The molecular weight excluding hydrogens is 192 g/mol. The van der Waals surface area contributed by atoms with Crippen molar-refractivity contribution in [1.82, 2.24) is 5.32 Å². The third-order valence-electron chi connectivity index (χ3n) is 2.43. The van der Waals surface area contributed by atoms with E-state index in [1.807, 2.05) is 6.92 Å². The summed E-state index contributed by atoms with van der Waals surface area (Å²) < 4.78 is 0. The van der Waals surface area contributed by atoms with Gasteiger partial charge < -0.3 is 5.73 Å². The summed E-state index contributed by atoms with van der Waals surface area (Å²) >= 11 is 0. The zero-order valence-corrected chi connectivity index (χ0v) is 9.45. The first-order valence-corrected chi connectivity index (χ1v) is 5.24. The fourth-order valence-electron chi connectivity index (χ4n) is 1.65. The molecule has 2 atom stereocenters. The molecule has 0 aromatic heterocycles. The number of imide groups is 1. The molecule has 86 valence electrons. The molecule has 0 aliphatic heterocycles. The summed E-state index contributed by atoms with van der Waals surface area (Å²) in [6.45, 7) is 7.67. The van der Waals surface area contributed by atoms with E-state index in [1.54, 1.807) is 6.08 Å². The van der Waals surface area contributed by atoms with Crippen molar-refractivity contribution in [1.29, 1.82) is 0 Å². The molecule has 0 aromatic carbocycles. The van der Waals surface area contributed by atoms with E-state index in [0.29, 0.717) is 6.42 Å². The largest absolute Gasteiger partial charge is 0.351 e. The Bertz CT molecular complexity index is 239. The zero-order chi connectivity index (χ0) is 11.8. The highest BCUT2D eigenvalue weighted by Gasteiger charge is 2.23. The Morgan fingerprint density at radius 3 is 2.53 bits per heavy atom. The monoisotopic (exact) mass is 212 g/mol. The second kappa shape index (κ2) is 7.04. The number of rotatable bonds is 6. The first-order valence-electron chi connectivity index (χ1n) is 5.24. The number of nitrogens with one attached hydrogen (secondary N) is 1. The average molecular weight is 212 g/mol. The van der Waals surface area contributed by atoms with Crippen LogP contribution in [0, 0.1) is 11.8 Å². The smallest absolute Gasteiger partial charge is 0.318 e. The van der Waals surface area contributed by atoms with Gasteiger partial charge in [-0.1, -0.05) is 32.8 Å². The summed E-state index contributed by atoms with van der Waals surface area (Å²) in [4.78, 5) is 22.2. The number of urea groups is 1. The molecular formula is C11H20N2O2. The summed E-state index contributed by atoms with van der Waals surface area (Å²) in [5, 5.41) is 2.12. The van der Waals surface area contributed by atoms with Gasteiger partial charge in [0.05, 0.1) is 0 Å². The van der Waals surface area contributed by atoms with Crippen LogP contribution < -0.4 is 11.1 Å². The predicted octanol–water partition coefficient (Wildman–Crippen LogP) is 1.81. The van der Waals surface area contributed by atoms with Crippen LogP contribution in [0.2, 0.25) is 0 Å². The lowest BCUT2D eigenvalue weighted by Crippen LogP contribution is -2.41. The molecule has 0 aliphatic rings. The van der Waals surface area contributed by atoms with Crippen molar-refractivity contribution >= 4 is 11.9 Å². The molecule has 0 fully saturated rings. The molecule has 3 N–H and O–H groups in total. The fourth-order valence-corrected chi connectivity index (χ4v) is 1.65. The minimum atomic E-state index is -0.794. The van der Waals surface area contributed by atoms with Gasteiger partial charge in [-0.2, -0.15) is 0 Å². The molecule has 2 unspecified atom stereocenters. The molecule has 15 heavy (non-hydrogen) atoms. The number of carbonyl (C=O) groups is 2. The van der Waals surface area contributed by atoms with E-state index >= 15 is 0 Å². The normalized spacial score (nSPS) is 14.0. The van der Waals surface area contributed by atoms with Crippen molar-refractivity contribution < 1.29 is 9.59 Å². The van der Waals surface area contributed by atoms with Crippen molar-refractivity contribution in [3.8, 4) is 0 Å². The van der Waals surface area contributed by atoms with Crippen LogP contribution in [-0.4, -0.2) is 11.9 Å². The van der Waals surface area contributed by atoms with Gasteiger partial charge >= 0.3 is 6.03 Å². The molecule has 4 nitrogen and oxygen atoms in total. The van der Waals surface area contributed by atoms with Gasteiger partial charge in [0.15, 0.2) is 0 Å². The van der Waals surface area contributed by atoms with E-state index in [0.717, 1.165) is 12.8 Å². The number of hydrogen-bond donors (Lipinski definition) is 2. The standard InChI is InChI=1S/C11H20N2O2/c1-4-6-8(3)9(7-5-2)10(14)13-11(12)15/h5,8-9H,2,4,6-7H2,1,3H3,(H3,12,13,14,15). The van der Waals surface area contributed by atoms with Crippen LogP contribution in [-0.2, 0) is 4.79 Å². The second-order valence-corrected chi connectivity index (χ2v) is 3.75. The minimum Gasteiger partial charge on any atom is -0.351 e. The fraction of sp³-hybridized carbons (Fsp3) is 0.636. The van der Waals surface area contributed by atoms with Crippen LogP contribution in [0.4, 0.5) is 4.79 Å². The first-order chi connectivity index (χ1) is 7.02. The number of amides is 3. The summed E-state index contributed by atoms with van der Waals surface area (Å²) in [6, 6.07) is -0.794. The number of allylic oxidation sites excluding steroid dienone is 1. The molecule has 0 radical (unpaired) electrons. The van der Waals surface area contributed by atoms with E-state index in [1.165, 1.54) is 0 Å². The molecule has 0 spiro atoms. The molecule has 0 aliphatic carbocycles. The third kappa shape index (κ3) is 5.20. The molecule has 0 bridgehead atoms. The Hall–Kier alpha value is -1.32. The summed E-state index contributed by atoms with van der Waals surface area (Å²) in [7, 11) is 0. The number of carbonyl (C=O) groups excluding carboxylic acids is 2. The molecule has 3 amide bonds. The van der Waals surface area contributed by atoms with E-state index in [4.69, 9.17) is 5.73 Å². The van der Waals surface area contributed by atoms with E-state index in [-0.39, 0.29) is 17.7 Å². The Labute approximate surface area is 90.9 Å². The maximum absolute atomic E-state index is 11.6. The highest BCUT2D eigenvalue weighted by atomic mass is 16.2. The van der Waals surface area contributed by atoms with Gasteiger partial charge in [-0.3, -0.25) is 10.1 Å². The summed E-state index contributed by atoms with van der Waals surface area (Å²) in [5.74, 6) is -0.286. The summed E-state index contributed by atoms with van der Waals surface area (Å²) in [6.07, 6.45) is 4.22. The minimum absolute atomic E-state index is 0.213. The zero-order valence-electron chi connectivity index (χ0n) is 9.45. The maximum Gasteiger partial charge on any atom is 0.318 e. The second-order valence-electron chi connectivity index (χ2n) is 3.75. The molecule has 0 saturated heterocycles. The van der Waals surface area contributed by atoms with Crippen LogP contribution in [0.15, 0.2) is 12.7 Å². The van der Waals surface area contributed by atoms with Crippen LogP contribution in [0.5, 0.6) is 0 Å². The van der Waals surface area contributed by atoms with Gasteiger partial charge in [-0.25, -0.2) is 4.79 Å². The van der Waals surface area contributed by atoms with Gasteiger partial charge in [0.25, 0.3) is 0 Å². The van der Waals surface area contributed by atoms with Gasteiger partial charge in [0.1, 0.15) is 0 Å². The predicted molar refractivity (Wildman–Crippen MR) is 60.1 cm³/mol. The lowest BCUT2D eigenvalue weighted by Gasteiger charge is -2.20. The SMILES string of the molecule is C=CCC(C(=O)NC(N)=O)C(C)CCC. The third-order valence-corrected chi connectivity index (χ3v) is 2.43. The van der Waals surface area contributed by atoms with Gasteiger partial charge in [0.2, 0.25) is 5.91 Å². The van der Waals surface area contributed by atoms with Crippen molar-refractivity contribution in [2.45, 2.75) is 33.1 Å².